The molecule has 1 amide bonds. The number of carbonyl (C=O) groups excluding carboxylic acids is 1. The molecule has 0 bridgehead atoms. The van der Waals surface area contributed by atoms with Crippen LogP contribution in [0.5, 0.6) is 0 Å². The van der Waals surface area contributed by atoms with Gasteiger partial charge in [0.05, 0.1) is 0 Å². The fraction of sp³-hybridized carbons (Fsp3) is 0.471. The highest BCUT2D eigenvalue weighted by Crippen LogP contribution is 2.18. The average Bonchev–Trinajstić information content (AvgIpc) is 2.91. The van der Waals surface area contributed by atoms with E-state index in [9.17, 15) is 4.79 Å². The minimum Gasteiger partial charge on any atom is -0.361 e. The predicted molar refractivity (Wildman–Crippen MR) is 85.2 cm³/mol. The fourth-order valence-electron chi connectivity index (χ4n) is 3.17. The van der Waals surface area contributed by atoms with Crippen LogP contribution in [0.4, 0.5) is 0 Å². The van der Waals surface area contributed by atoms with Gasteiger partial charge in [0, 0.05) is 35.6 Å². The van der Waals surface area contributed by atoms with E-state index in [-0.39, 0.29) is 11.8 Å². The molecular formula is C17H23N3O. The molecule has 1 aromatic carbocycles. The second kappa shape index (κ2) is 6.31. The van der Waals surface area contributed by atoms with E-state index >= 15 is 0 Å². The Morgan fingerprint density at radius 1 is 1.38 bits per heavy atom. The summed E-state index contributed by atoms with van der Waals surface area (Å²) < 4.78 is 0. The Hall–Kier alpha value is -1.81. The molecule has 4 heteroatoms. The number of rotatable bonds is 4. The molecule has 21 heavy (non-hydrogen) atoms. The molecule has 1 aliphatic rings. The number of amides is 1. The number of H-pyrrole nitrogens is 1. The van der Waals surface area contributed by atoms with Crippen molar-refractivity contribution in [3.05, 3.63) is 36.0 Å². The Balaban J connectivity index is 1.52. The third-order valence-corrected chi connectivity index (χ3v) is 4.36. The molecule has 0 aliphatic carbocycles. The second-order valence-corrected chi connectivity index (χ2v) is 5.98. The van der Waals surface area contributed by atoms with Crippen LogP contribution in [0.25, 0.3) is 10.9 Å². The first kappa shape index (κ1) is 14.1. The molecule has 2 heterocycles. The molecule has 112 valence electrons. The summed E-state index contributed by atoms with van der Waals surface area (Å²) in [5, 5.41) is 7.73. The average molecular weight is 285 g/mol. The zero-order chi connectivity index (χ0) is 14.7. The van der Waals surface area contributed by atoms with Crippen molar-refractivity contribution in [3.8, 4) is 0 Å². The topological polar surface area (TPSA) is 56.9 Å². The second-order valence-electron chi connectivity index (χ2n) is 5.98. The summed E-state index contributed by atoms with van der Waals surface area (Å²) in [6.07, 6.45) is 4.81. The molecule has 2 atom stereocenters. The summed E-state index contributed by atoms with van der Waals surface area (Å²) in [7, 11) is 0. The van der Waals surface area contributed by atoms with Crippen LogP contribution in [0.2, 0.25) is 0 Å². The lowest BCUT2D eigenvalue weighted by molar-refractivity contribution is -0.126. The van der Waals surface area contributed by atoms with E-state index in [0.29, 0.717) is 12.6 Å². The van der Waals surface area contributed by atoms with Crippen molar-refractivity contribution in [1.82, 2.24) is 15.6 Å². The summed E-state index contributed by atoms with van der Waals surface area (Å²) in [4.78, 5) is 15.5. The smallest absolute Gasteiger partial charge is 0.223 e. The first-order valence-corrected chi connectivity index (χ1v) is 7.80. The summed E-state index contributed by atoms with van der Waals surface area (Å²) in [6, 6.07) is 8.73. The van der Waals surface area contributed by atoms with E-state index < -0.39 is 0 Å². The number of para-hydroxylation sites is 1. The maximum atomic E-state index is 12.2. The van der Waals surface area contributed by atoms with Crippen molar-refractivity contribution in [2.75, 3.05) is 13.1 Å². The Morgan fingerprint density at radius 3 is 3.10 bits per heavy atom. The van der Waals surface area contributed by atoms with E-state index in [0.717, 1.165) is 31.3 Å². The molecule has 2 aromatic rings. The lowest BCUT2D eigenvalue weighted by Crippen LogP contribution is -2.42. The number of aromatic nitrogens is 1. The molecule has 4 nitrogen and oxygen atoms in total. The van der Waals surface area contributed by atoms with E-state index in [1.165, 1.54) is 10.9 Å². The van der Waals surface area contributed by atoms with Gasteiger partial charge in [-0.25, -0.2) is 0 Å². The zero-order valence-electron chi connectivity index (χ0n) is 12.5. The number of nitrogens with one attached hydrogen (secondary N) is 3. The van der Waals surface area contributed by atoms with Gasteiger partial charge in [0.15, 0.2) is 0 Å². The summed E-state index contributed by atoms with van der Waals surface area (Å²) >= 11 is 0. The van der Waals surface area contributed by atoms with Gasteiger partial charge in [-0.1, -0.05) is 18.2 Å². The van der Waals surface area contributed by atoms with E-state index in [1.807, 2.05) is 12.3 Å². The standard InChI is InChI=1S/C17H23N3O/c1-12-10-13(6-8-18-12)17(21)19-9-7-14-11-20-16-5-3-2-4-15(14)16/h2-5,11-13,18,20H,6-10H2,1H3,(H,19,21). The van der Waals surface area contributed by atoms with Gasteiger partial charge in [-0.15, -0.1) is 0 Å². The van der Waals surface area contributed by atoms with Crippen LogP contribution in [0.15, 0.2) is 30.5 Å². The minimum atomic E-state index is 0.171. The molecule has 0 spiro atoms. The third-order valence-electron chi connectivity index (χ3n) is 4.36. The summed E-state index contributed by atoms with van der Waals surface area (Å²) in [6.45, 7) is 3.80. The van der Waals surface area contributed by atoms with Crippen LogP contribution in [-0.4, -0.2) is 30.0 Å². The molecule has 1 aliphatic heterocycles. The summed E-state index contributed by atoms with van der Waals surface area (Å²) in [5.41, 5.74) is 2.43. The van der Waals surface area contributed by atoms with Gasteiger partial charge >= 0.3 is 0 Å². The maximum absolute atomic E-state index is 12.2. The van der Waals surface area contributed by atoms with Crippen LogP contribution in [0.1, 0.15) is 25.3 Å². The lowest BCUT2D eigenvalue weighted by Gasteiger charge is -2.27. The Morgan fingerprint density at radius 2 is 2.24 bits per heavy atom. The van der Waals surface area contributed by atoms with Crippen LogP contribution in [0, 0.1) is 5.92 Å². The number of fused-ring (bicyclic) bond motifs is 1. The third kappa shape index (κ3) is 3.27. The van der Waals surface area contributed by atoms with Gasteiger partial charge in [-0.3, -0.25) is 4.79 Å². The van der Waals surface area contributed by atoms with Gasteiger partial charge in [0.2, 0.25) is 5.91 Å². The van der Waals surface area contributed by atoms with Crippen LogP contribution in [0.3, 0.4) is 0 Å². The first-order chi connectivity index (χ1) is 10.2. The van der Waals surface area contributed by atoms with E-state index in [4.69, 9.17) is 0 Å². The first-order valence-electron chi connectivity index (χ1n) is 7.80. The van der Waals surface area contributed by atoms with Crippen molar-refractivity contribution in [2.45, 2.75) is 32.2 Å². The van der Waals surface area contributed by atoms with Gasteiger partial charge in [0.25, 0.3) is 0 Å². The summed E-state index contributed by atoms with van der Waals surface area (Å²) in [5.74, 6) is 0.382. The molecule has 0 saturated carbocycles. The van der Waals surface area contributed by atoms with Crippen LogP contribution >= 0.6 is 0 Å². The normalized spacial score (nSPS) is 22.3. The van der Waals surface area contributed by atoms with Crippen LogP contribution < -0.4 is 10.6 Å². The molecule has 1 fully saturated rings. The zero-order valence-corrected chi connectivity index (χ0v) is 12.5. The Kier molecular flexibility index (Phi) is 4.25. The monoisotopic (exact) mass is 285 g/mol. The molecule has 0 radical (unpaired) electrons. The molecule has 1 saturated heterocycles. The van der Waals surface area contributed by atoms with Crippen molar-refractivity contribution in [3.63, 3.8) is 0 Å². The highest BCUT2D eigenvalue weighted by molar-refractivity contribution is 5.83. The highest BCUT2D eigenvalue weighted by Gasteiger charge is 2.24. The lowest BCUT2D eigenvalue weighted by atomic mass is 9.92. The van der Waals surface area contributed by atoms with Crippen molar-refractivity contribution >= 4 is 16.8 Å². The Bertz CT molecular complexity index is 619. The highest BCUT2D eigenvalue weighted by atomic mass is 16.1. The molecular weight excluding hydrogens is 262 g/mol. The number of hydrogen-bond donors (Lipinski definition) is 3. The quantitative estimate of drug-likeness (QED) is 0.806. The number of piperidine rings is 1. The maximum Gasteiger partial charge on any atom is 0.223 e. The minimum absolute atomic E-state index is 0.171. The largest absolute Gasteiger partial charge is 0.361 e. The SMILES string of the molecule is CC1CC(C(=O)NCCc2c[nH]c3ccccc23)CCN1. The molecule has 2 unspecified atom stereocenters. The molecule has 3 N–H and O–H groups in total. The number of carbonyl (C=O) groups is 1. The predicted octanol–water partition coefficient (Wildman–Crippen LogP) is 2.21. The number of hydrogen-bond acceptors (Lipinski definition) is 2. The molecule has 3 rings (SSSR count). The Labute approximate surface area is 125 Å². The van der Waals surface area contributed by atoms with Crippen molar-refractivity contribution in [1.29, 1.82) is 0 Å². The fourth-order valence-corrected chi connectivity index (χ4v) is 3.17. The van der Waals surface area contributed by atoms with Gasteiger partial charge in [-0.2, -0.15) is 0 Å². The van der Waals surface area contributed by atoms with Gasteiger partial charge in [-0.05, 0) is 44.4 Å². The van der Waals surface area contributed by atoms with Gasteiger partial charge in [0.1, 0.15) is 0 Å². The van der Waals surface area contributed by atoms with Crippen molar-refractivity contribution in [2.24, 2.45) is 5.92 Å². The van der Waals surface area contributed by atoms with Gasteiger partial charge < -0.3 is 15.6 Å². The number of aromatic amines is 1. The number of benzene rings is 1. The van der Waals surface area contributed by atoms with Crippen LogP contribution in [-0.2, 0) is 11.2 Å². The van der Waals surface area contributed by atoms with E-state index in [1.54, 1.807) is 0 Å². The molecule has 1 aromatic heterocycles. The van der Waals surface area contributed by atoms with E-state index in [2.05, 4.69) is 40.7 Å². The van der Waals surface area contributed by atoms with Crippen molar-refractivity contribution < 1.29 is 4.79 Å².